The third kappa shape index (κ3) is 3.79. The molecule has 0 aliphatic heterocycles. The Bertz CT molecular complexity index is 481. The first kappa shape index (κ1) is 17.6. The summed E-state index contributed by atoms with van der Waals surface area (Å²) in [6.07, 6.45) is 4.21. The van der Waals surface area contributed by atoms with Crippen LogP contribution in [0.15, 0.2) is 18.2 Å². The molecule has 0 unspecified atom stereocenters. The number of likely N-dealkylation sites (N-methyl/N-ethyl adjacent to an activating group) is 1. The Morgan fingerprint density at radius 2 is 1.90 bits per heavy atom. The molecule has 2 atom stereocenters. The largest absolute Gasteiger partial charge is 0.337 e. The van der Waals surface area contributed by atoms with E-state index in [1.165, 1.54) is 0 Å². The Morgan fingerprint density at radius 3 is 2.50 bits per heavy atom. The molecule has 1 amide bonds. The van der Waals surface area contributed by atoms with Crippen LogP contribution in [0.4, 0.5) is 0 Å². The minimum atomic E-state index is -0.0547. The monoisotopic (exact) mass is 336 g/mol. The van der Waals surface area contributed by atoms with Crippen LogP contribution in [0.25, 0.3) is 0 Å². The molecular formula is C14H19Cl3N2O. The van der Waals surface area contributed by atoms with E-state index >= 15 is 0 Å². The van der Waals surface area contributed by atoms with Gasteiger partial charge >= 0.3 is 0 Å². The maximum absolute atomic E-state index is 12.4. The SMILES string of the molecule is CN(C(=O)c1ccc(Cl)c(Cl)c1)[C@@H]1CCCC[C@@H]1N.Cl. The van der Waals surface area contributed by atoms with E-state index in [1.807, 2.05) is 0 Å². The van der Waals surface area contributed by atoms with E-state index in [1.54, 1.807) is 30.1 Å². The highest BCUT2D eigenvalue weighted by Gasteiger charge is 2.28. The molecular weight excluding hydrogens is 319 g/mol. The van der Waals surface area contributed by atoms with Crippen LogP contribution >= 0.6 is 35.6 Å². The molecule has 1 saturated carbocycles. The van der Waals surface area contributed by atoms with Crippen LogP contribution in [0, 0.1) is 0 Å². The molecule has 6 heteroatoms. The summed E-state index contributed by atoms with van der Waals surface area (Å²) < 4.78 is 0. The number of nitrogens with zero attached hydrogens (tertiary/aromatic N) is 1. The quantitative estimate of drug-likeness (QED) is 0.893. The first-order chi connectivity index (χ1) is 9.00. The molecule has 20 heavy (non-hydrogen) atoms. The highest BCUT2D eigenvalue weighted by atomic mass is 35.5. The van der Waals surface area contributed by atoms with Crippen molar-refractivity contribution in [1.29, 1.82) is 0 Å². The molecule has 112 valence electrons. The Hall–Kier alpha value is -0.480. The molecule has 0 aromatic heterocycles. The van der Waals surface area contributed by atoms with Crippen LogP contribution < -0.4 is 5.73 Å². The molecule has 1 aromatic rings. The molecule has 1 aromatic carbocycles. The highest BCUT2D eigenvalue weighted by molar-refractivity contribution is 6.42. The third-order valence-electron chi connectivity index (χ3n) is 3.77. The smallest absolute Gasteiger partial charge is 0.253 e. The number of hydrogen-bond donors (Lipinski definition) is 1. The minimum absolute atomic E-state index is 0. The number of hydrogen-bond acceptors (Lipinski definition) is 2. The number of carbonyl (C=O) groups is 1. The van der Waals surface area contributed by atoms with Crippen LogP contribution in [-0.4, -0.2) is 29.9 Å². The number of nitrogens with two attached hydrogens (primary N) is 1. The number of benzene rings is 1. The van der Waals surface area contributed by atoms with E-state index in [9.17, 15) is 4.79 Å². The minimum Gasteiger partial charge on any atom is -0.337 e. The molecule has 1 fully saturated rings. The number of rotatable bonds is 2. The van der Waals surface area contributed by atoms with Crippen LogP contribution in [0.3, 0.4) is 0 Å². The zero-order valence-electron chi connectivity index (χ0n) is 11.3. The molecule has 0 radical (unpaired) electrons. The van der Waals surface area contributed by atoms with Gasteiger partial charge in [-0.2, -0.15) is 0 Å². The van der Waals surface area contributed by atoms with E-state index in [-0.39, 0.29) is 30.4 Å². The molecule has 0 spiro atoms. The molecule has 1 aliphatic carbocycles. The summed E-state index contributed by atoms with van der Waals surface area (Å²) in [5, 5.41) is 0.851. The van der Waals surface area contributed by atoms with Gasteiger partial charge in [0.05, 0.1) is 10.0 Å². The van der Waals surface area contributed by atoms with E-state index in [0.29, 0.717) is 15.6 Å². The maximum Gasteiger partial charge on any atom is 0.253 e. The van der Waals surface area contributed by atoms with Gasteiger partial charge < -0.3 is 10.6 Å². The van der Waals surface area contributed by atoms with Crippen molar-refractivity contribution in [3.8, 4) is 0 Å². The van der Waals surface area contributed by atoms with Gasteiger partial charge in [0.15, 0.2) is 0 Å². The lowest BCUT2D eigenvalue weighted by molar-refractivity contribution is 0.0672. The number of amides is 1. The summed E-state index contributed by atoms with van der Waals surface area (Å²) in [7, 11) is 1.81. The van der Waals surface area contributed by atoms with Crippen molar-refractivity contribution >= 4 is 41.5 Å². The van der Waals surface area contributed by atoms with Crippen molar-refractivity contribution in [2.45, 2.75) is 37.8 Å². The van der Waals surface area contributed by atoms with E-state index in [4.69, 9.17) is 28.9 Å². The average Bonchev–Trinajstić information content (AvgIpc) is 2.41. The zero-order valence-corrected chi connectivity index (χ0v) is 13.6. The van der Waals surface area contributed by atoms with E-state index in [0.717, 1.165) is 25.7 Å². The Morgan fingerprint density at radius 1 is 1.25 bits per heavy atom. The molecule has 1 aliphatic rings. The summed E-state index contributed by atoms with van der Waals surface area (Å²) in [6.45, 7) is 0. The van der Waals surface area contributed by atoms with Crippen molar-refractivity contribution in [3.63, 3.8) is 0 Å². The lowest BCUT2D eigenvalue weighted by Crippen LogP contribution is -2.50. The molecule has 0 bridgehead atoms. The zero-order chi connectivity index (χ0) is 14.0. The predicted molar refractivity (Wildman–Crippen MR) is 86.0 cm³/mol. The van der Waals surface area contributed by atoms with Gasteiger partial charge in [-0.25, -0.2) is 0 Å². The van der Waals surface area contributed by atoms with Gasteiger partial charge in [0, 0.05) is 24.7 Å². The third-order valence-corrected chi connectivity index (χ3v) is 4.50. The van der Waals surface area contributed by atoms with Gasteiger partial charge in [-0.05, 0) is 31.0 Å². The summed E-state index contributed by atoms with van der Waals surface area (Å²) in [5.41, 5.74) is 6.66. The second kappa shape index (κ2) is 7.51. The second-order valence-corrected chi connectivity index (χ2v) is 5.88. The number of halogens is 3. The van der Waals surface area contributed by atoms with Crippen molar-refractivity contribution in [2.24, 2.45) is 5.73 Å². The summed E-state index contributed by atoms with van der Waals surface area (Å²) in [6, 6.07) is 5.12. The van der Waals surface area contributed by atoms with Crippen LogP contribution in [0.2, 0.25) is 10.0 Å². The standard InChI is InChI=1S/C14H18Cl2N2O.ClH/c1-18(13-5-3-2-4-12(13)17)14(19)9-6-7-10(15)11(16)8-9;/h6-8,12-13H,2-5,17H2,1H3;1H/t12-,13+;/m0./s1. The van der Waals surface area contributed by atoms with Gasteiger partial charge in [0.2, 0.25) is 0 Å². The first-order valence-electron chi connectivity index (χ1n) is 6.48. The van der Waals surface area contributed by atoms with Crippen LogP contribution in [-0.2, 0) is 0 Å². The van der Waals surface area contributed by atoms with Gasteiger partial charge in [0.1, 0.15) is 0 Å². The van der Waals surface area contributed by atoms with Gasteiger partial charge in [-0.3, -0.25) is 4.79 Å². The lowest BCUT2D eigenvalue weighted by atomic mass is 9.90. The van der Waals surface area contributed by atoms with Crippen molar-refractivity contribution < 1.29 is 4.79 Å². The summed E-state index contributed by atoms with van der Waals surface area (Å²) in [5.74, 6) is -0.0547. The predicted octanol–water partition coefficient (Wildman–Crippen LogP) is 3.76. The van der Waals surface area contributed by atoms with Gasteiger partial charge in [-0.1, -0.05) is 36.0 Å². The second-order valence-electron chi connectivity index (χ2n) is 5.06. The maximum atomic E-state index is 12.4. The Kier molecular flexibility index (Phi) is 6.59. The summed E-state index contributed by atoms with van der Waals surface area (Å²) >= 11 is 11.8. The normalized spacial score (nSPS) is 22.0. The topological polar surface area (TPSA) is 46.3 Å². The fraction of sp³-hybridized carbons (Fsp3) is 0.500. The molecule has 2 rings (SSSR count). The average molecular weight is 338 g/mol. The van der Waals surface area contributed by atoms with E-state index < -0.39 is 0 Å². The summed E-state index contributed by atoms with van der Waals surface area (Å²) in [4.78, 5) is 14.2. The molecule has 2 N–H and O–H groups in total. The number of carbonyl (C=O) groups excluding carboxylic acids is 1. The van der Waals surface area contributed by atoms with Gasteiger partial charge in [0.25, 0.3) is 5.91 Å². The van der Waals surface area contributed by atoms with Crippen molar-refractivity contribution in [1.82, 2.24) is 4.90 Å². The van der Waals surface area contributed by atoms with Crippen molar-refractivity contribution in [2.75, 3.05) is 7.05 Å². The Balaban J connectivity index is 0.00000200. The molecule has 0 saturated heterocycles. The molecule has 3 nitrogen and oxygen atoms in total. The lowest BCUT2D eigenvalue weighted by Gasteiger charge is -2.36. The fourth-order valence-corrected chi connectivity index (χ4v) is 2.90. The molecule has 0 heterocycles. The van der Waals surface area contributed by atoms with Crippen LogP contribution in [0.1, 0.15) is 36.0 Å². The fourth-order valence-electron chi connectivity index (χ4n) is 2.60. The van der Waals surface area contributed by atoms with Gasteiger partial charge in [-0.15, -0.1) is 12.4 Å². The van der Waals surface area contributed by atoms with E-state index in [2.05, 4.69) is 0 Å². The van der Waals surface area contributed by atoms with Crippen molar-refractivity contribution in [3.05, 3.63) is 33.8 Å². The Labute approximate surface area is 135 Å². The van der Waals surface area contributed by atoms with Crippen LogP contribution in [0.5, 0.6) is 0 Å². The highest BCUT2D eigenvalue weighted by Crippen LogP contribution is 2.25. The first-order valence-corrected chi connectivity index (χ1v) is 7.24.